The van der Waals surface area contributed by atoms with Gasteiger partial charge in [0.25, 0.3) is 0 Å². The van der Waals surface area contributed by atoms with Gasteiger partial charge in [0.1, 0.15) is 0 Å². The van der Waals surface area contributed by atoms with Crippen LogP contribution in [0.15, 0.2) is 41.3 Å². The van der Waals surface area contributed by atoms with E-state index in [0.717, 1.165) is 22.6 Å². The summed E-state index contributed by atoms with van der Waals surface area (Å²) in [5.74, 6) is 2.33. The summed E-state index contributed by atoms with van der Waals surface area (Å²) in [6.45, 7) is 1.23. The summed E-state index contributed by atoms with van der Waals surface area (Å²) in [5.41, 5.74) is 1.84. The van der Waals surface area contributed by atoms with Crippen molar-refractivity contribution in [2.75, 3.05) is 30.5 Å². The fraction of sp³-hybridized carbons (Fsp3) is 0.316. The van der Waals surface area contributed by atoms with E-state index in [1.165, 1.54) is 11.8 Å². The van der Waals surface area contributed by atoms with Gasteiger partial charge >= 0.3 is 0 Å². The van der Waals surface area contributed by atoms with Crippen LogP contribution in [0.2, 0.25) is 5.02 Å². The molecule has 138 valence electrons. The predicted molar refractivity (Wildman–Crippen MR) is 110 cm³/mol. The molecule has 1 amide bonds. The molecule has 0 bridgehead atoms. The maximum atomic E-state index is 12.1. The summed E-state index contributed by atoms with van der Waals surface area (Å²) < 4.78 is 11.3. The molecule has 1 N–H and O–H groups in total. The number of carbonyl (C=O) groups excluding carboxylic acids is 1. The van der Waals surface area contributed by atoms with Crippen LogP contribution >= 0.6 is 35.1 Å². The van der Waals surface area contributed by atoms with Crippen molar-refractivity contribution < 1.29 is 14.3 Å². The molecule has 26 heavy (non-hydrogen) atoms. The minimum Gasteiger partial charge on any atom is -0.489 e. The number of benzene rings is 2. The first kappa shape index (κ1) is 19.3. The van der Waals surface area contributed by atoms with Crippen LogP contribution < -0.4 is 14.8 Å². The van der Waals surface area contributed by atoms with Gasteiger partial charge in [0.2, 0.25) is 5.91 Å². The van der Waals surface area contributed by atoms with E-state index in [0.29, 0.717) is 41.2 Å². The molecule has 1 aliphatic heterocycles. The molecule has 0 fully saturated rings. The minimum absolute atomic E-state index is 0.0197. The number of thioether (sulfide) groups is 2. The monoisotopic (exact) mass is 409 g/mol. The zero-order chi connectivity index (χ0) is 18.4. The highest BCUT2D eigenvalue weighted by Gasteiger charge is 2.15. The Morgan fingerprint density at radius 2 is 2.08 bits per heavy atom. The predicted octanol–water partition coefficient (Wildman–Crippen LogP) is 5.10. The smallest absolute Gasteiger partial charge is 0.234 e. The highest BCUT2D eigenvalue weighted by molar-refractivity contribution is 7.99. The average molecular weight is 410 g/mol. The molecule has 7 heteroatoms. The maximum absolute atomic E-state index is 12.1. The van der Waals surface area contributed by atoms with Gasteiger partial charge < -0.3 is 14.8 Å². The number of carbonyl (C=O) groups is 1. The molecule has 0 saturated heterocycles. The largest absolute Gasteiger partial charge is 0.489 e. The molecule has 1 aliphatic rings. The number of hydrogen-bond donors (Lipinski definition) is 1. The lowest BCUT2D eigenvalue weighted by molar-refractivity contribution is -0.113. The number of rotatable bonds is 6. The Morgan fingerprint density at radius 3 is 2.92 bits per heavy atom. The van der Waals surface area contributed by atoms with E-state index in [1.54, 1.807) is 11.8 Å². The van der Waals surface area contributed by atoms with Gasteiger partial charge in [-0.15, -0.1) is 23.5 Å². The highest BCUT2D eigenvalue weighted by Crippen LogP contribution is 2.38. The average Bonchev–Trinajstić information content (AvgIpc) is 2.88. The molecule has 0 aromatic heterocycles. The Hall–Kier alpha value is -1.50. The molecule has 0 radical (unpaired) electrons. The second-order valence-corrected chi connectivity index (χ2v) is 8.00. The number of fused-ring (bicyclic) bond motifs is 1. The van der Waals surface area contributed by atoms with E-state index in [2.05, 4.69) is 5.32 Å². The lowest BCUT2D eigenvalue weighted by atomic mass is 10.2. The van der Waals surface area contributed by atoms with Crippen molar-refractivity contribution in [2.24, 2.45) is 0 Å². The van der Waals surface area contributed by atoms with Gasteiger partial charge in [-0.25, -0.2) is 0 Å². The molecule has 0 saturated carbocycles. The van der Waals surface area contributed by atoms with Crippen LogP contribution in [0.4, 0.5) is 5.69 Å². The number of hydrogen-bond acceptors (Lipinski definition) is 5. The summed E-state index contributed by atoms with van der Waals surface area (Å²) in [6, 6.07) is 11.6. The zero-order valence-corrected chi connectivity index (χ0v) is 16.8. The number of amides is 1. The topological polar surface area (TPSA) is 47.6 Å². The molecule has 0 aliphatic carbocycles. The van der Waals surface area contributed by atoms with Crippen LogP contribution in [-0.4, -0.2) is 31.1 Å². The highest BCUT2D eigenvalue weighted by atomic mass is 35.5. The van der Waals surface area contributed by atoms with Crippen molar-refractivity contribution in [1.29, 1.82) is 0 Å². The molecule has 2 aromatic carbocycles. The third-order valence-corrected chi connectivity index (χ3v) is 5.73. The van der Waals surface area contributed by atoms with Crippen molar-refractivity contribution in [3.05, 3.63) is 47.0 Å². The molecule has 0 spiro atoms. The Balaban J connectivity index is 1.53. The van der Waals surface area contributed by atoms with Crippen molar-refractivity contribution in [3.8, 4) is 11.5 Å². The van der Waals surface area contributed by atoms with Crippen LogP contribution in [0.1, 0.15) is 12.0 Å². The number of anilines is 1. The van der Waals surface area contributed by atoms with Crippen molar-refractivity contribution in [1.82, 2.24) is 0 Å². The minimum atomic E-state index is -0.0197. The second-order valence-electron chi connectivity index (χ2n) is 5.73. The zero-order valence-electron chi connectivity index (χ0n) is 14.4. The summed E-state index contributed by atoms with van der Waals surface area (Å²) >= 11 is 9.49. The summed E-state index contributed by atoms with van der Waals surface area (Å²) in [4.78, 5) is 13.3. The van der Waals surface area contributed by atoms with Crippen molar-refractivity contribution in [3.63, 3.8) is 0 Å². The first-order chi connectivity index (χ1) is 12.7. The molecule has 3 rings (SSSR count). The van der Waals surface area contributed by atoms with Crippen molar-refractivity contribution in [2.45, 2.75) is 17.1 Å². The molecule has 4 nitrogen and oxygen atoms in total. The number of halogens is 1. The molecule has 0 atom stereocenters. The third-order valence-electron chi connectivity index (χ3n) is 3.72. The van der Waals surface area contributed by atoms with E-state index in [9.17, 15) is 4.79 Å². The molecule has 1 heterocycles. The van der Waals surface area contributed by atoms with E-state index in [4.69, 9.17) is 21.1 Å². The normalized spacial score (nSPS) is 13.2. The second kappa shape index (κ2) is 9.44. The van der Waals surface area contributed by atoms with Gasteiger partial charge in [-0.2, -0.15) is 0 Å². The Bertz CT molecular complexity index is 785. The van der Waals surface area contributed by atoms with Crippen LogP contribution in [-0.2, 0) is 10.5 Å². The molecular formula is C19H20ClNO3S2. The summed E-state index contributed by atoms with van der Waals surface area (Å²) in [7, 11) is 0. The molecular weight excluding hydrogens is 390 g/mol. The lowest BCUT2D eigenvalue weighted by Crippen LogP contribution is -2.14. The van der Waals surface area contributed by atoms with Crippen LogP contribution in [0.25, 0.3) is 0 Å². The standard InChI is InChI=1S/C19H20ClNO3S2/c1-25-15-5-2-4-14(10-15)21-18(22)12-26-11-13-8-16(20)19-17(9-13)23-6-3-7-24-19/h2,4-5,8-10H,3,6-7,11-12H2,1H3,(H,21,22). The van der Waals surface area contributed by atoms with E-state index in [1.807, 2.05) is 42.7 Å². The fourth-order valence-electron chi connectivity index (χ4n) is 2.53. The Morgan fingerprint density at radius 1 is 1.23 bits per heavy atom. The lowest BCUT2D eigenvalue weighted by Gasteiger charge is -2.11. The number of nitrogens with one attached hydrogen (secondary N) is 1. The van der Waals surface area contributed by atoms with Crippen molar-refractivity contribution >= 4 is 46.7 Å². The fourth-order valence-corrected chi connectivity index (χ4v) is 4.04. The maximum Gasteiger partial charge on any atom is 0.234 e. The first-order valence-electron chi connectivity index (χ1n) is 8.25. The van der Waals surface area contributed by atoms with E-state index in [-0.39, 0.29) is 5.91 Å². The third kappa shape index (κ3) is 5.25. The summed E-state index contributed by atoms with van der Waals surface area (Å²) in [6.07, 6.45) is 2.85. The van der Waals surface area contributed by atoms with E-state index < -0.39 is 0 Å². The van der Waals surface area contributed by atoms with Gasteiger partial charge in [0, 0.05) is 22.8 Å². The van der Waals surface area contributed by atoms with Crippen LogP contribution in [0.3, 0.4) is 0 Å². The number of ether oxygens (including phenoxy) is 2. The first-order valence-corrected chi connectivity index (χ1v) is 11.0. The summed E-state index contributed by atoms with van der Waals surface area (Å²) in [5, 5.41) is 3.48. The molecule has 0 unspecified atom stereocenters. The van der Waals surface area contributed by atoms with Crippen LogP contribution in [0, 0.1) is 0 Å². The van der Waals surface area contributed by atoms with Gasteiger partial charge in [0.15, 0.2) is 11.5 Å². The van der Waals surface area contributed by atoms with Crippen LogP contribution in [0.5, 0.6) is 11.5 Å². The van der Waals surface area contributed by atoms with Gasteiger partial charge in [-0.05, 0) is 42.2 Å². The Labute approximate surface area is 167 Å². The Kier molecular flexibility index (Phi) is 7.00. The molecule has 2 aromatic rings. The van der Waals surface area contributed by atoms with Gasteiger partial charge in [-0.3, -0.25) is 4.79 Å². The van der Waals surface area contributed by atoms with Gasteiger partial charge in [0.05, 0.1) is 24.0 Å². The quantitative estimate of drug-likeness (QED) is 0.673. The van der Waals surface area contributed by atoms with E-state index >= 15 is 0 Å². The SMILES string of the molecule is CSc1cccc(NC(=O)CSCc2cc(Cl)c3c(c2)OCCCO3)c1. The van der Waals surface area contributed by atoms with Gasteiger partial charge in [-0.1, -0.05) is 17.7 Å².